The molecule has 31 heavy (non-hydrogen) atoms. The first-order chi connectivity index (χ1) is 15.2. The highest BCUT2D eigenvalue weighted by Crippen LogP contribution is 2.21. The van der Waals surface area contributed by atoms with Gasteiger partial charge in [-0.1, -0.05) is 53.7 Å². The summed E-state index contributed by atoms with van der Waals surface area (Å²) in [5.41, 5.74) is 2.24. The Morgan fingerprint density at radius 2 is 1.68 bits per heavy atom. The van der Waals surface area contributed by atoms with Gasteiger partial charge in [0.1, 0.15) is 11.8 Å². The van der Waals surface area contributed by atoms with Crippen molar-refractivity contribution in [1.29, 1.82) is 0 Å². The second-order valence-corrected chi connectivity index (χ2v) is 6.91. The van der Waals surface area contributed by atoms with Crippen LogP contribution in [0.5, 0.6) is 5.75 Å². The number of benzene rings is 3. The summed E-state index contributed by atoms with van der Waals surface area (Å²) >= 11 is 0. The third-order valence-electron chi connectivity index (χ3n) is 4.73. The average molecular weight is 416 g/mol. The molecule has 158 valence electrons. The maximum Gasteiger partial charge on any atom is 0.255 e. The number of rotatable bonds is 10. The van der Waals surface area contributed by atoms with Crippen LogP contribution in [0.25, 0.3) is 0 Å². The van der Waals surface area contributed by atoms with Gasteiger partial charge in [0, 0.05) is 5.69 Å². The molecule has 2 unspecified atom stereocenters. The molecule has 7 heteroatoms. The number of hydrogen-bond donors (Lipinski definition) is 1. The lowest BCUT2D eigenvalue weighted by Crippen LogP contribution is -2.35. The molecule has 0 aliphatic carbocycles. The molecule has 1 N–H and O–H groups in total. The van der Waals surface area contributed by atoms with E-state index in [1.165, 1.54) is 0 Å². The largest absolute Gasteiger partial charge is 0.497 e. The van der Waals surface area contributed by atoms with Gasteiger partial charge < -0.3 is 10.1 Å². The van der Waals surface area contributed by atoms with Gasteiger partial charge >= 0.3 is 0 Å². The fraction of sp³-hybridized carbons (Fsp3) is 0.208. The van der Waals surface area contributed by atoms with Crippen LogP contribution >= 0.6 is 0 Å². The van der Waals surface area contributed by atoms with Crippen molar-refractivity contribution < 1.29 is 9.53 Å². The van der Waals surface area contributed by atoms with Crippen molar-refractivity contribution in [1.82, 2.24) is 0 Å². The quantitative estimate of drug-likeness (QED) is 0.347. The number of para-hydroxylation sites is 1. The maximum atomic E-state index is 12.8. The Hall–Kier alpha value is -3.87. The number of nitrogens with one attached hydrogen (secondary N) is 1. The normalized spacial score (nSPS) is 12.8. The zero-order valence-electron chi connectivity index (χ0n) is 17.2. The minimum Gasteiger partial charge on any atom is -0.497 e. The molecule has 0 aromatic heterocycles. The molecule has 0 saturated carbocycles. The number of carbonyl (C=O) groups excluding carboxylic acids is 1. The van der Waals surface area contributed by atoms with Crippen molar-refractivity contribution in [2.75, 3.05) is 12.4 Å². The van der Waals surface area contributed by atoms with Gasteiger partial charge in [-0.25, -0.2) is 0 Å². The molecule has 1 amide bonds. The highest BCUT2D eigenvalue weighted by molar-refractivity contribution is 5.95. The molecule has 0 heterocycles. The van der Waals surface area contributed by atoms with E-state index in [2.05, 4.69) is 20.7 Å². The number of hydrogen-bond acceptors (Lipinski definition) is 6. The molecule has 0 radical (unpaired) electrons. The van der Waals surface area contributed by atoms with Gasteiger partial charge in [-0.2, -0.15) is 10.2 Å². The van der Waals surface area contributed by atoms with E-state index in [0.29, 0.717) is 24.2 Å². The number of nitrogens with zero attached hydrogens (tertiary/aromatic N) is 3. The monoisotopic (exact) mass is 416 g/mol. The summed E-state index contributed by atoms with van der Waals surface area (Å²) in [5.74, 6) is 0.232. The Balaban J connectivity index is 1.79. The minimum atomic E-state index is -1.21. The molecule has 2 atom stereocenters. The Labute approximate surface area is 181 Å². The molecule has 3 rings (SSSR count). The number of amides is 1. The molecule has 0 aliphatic rings. The summed E-state index contributed by atoms with van der Waals surface area (Å²) in [6.45, 7) is 0. The summed E-state index contributed by atoms with van der Waals surface area (Å²) in [6, 6.07) is 23.8. The molecular weight excluding hydrogens is 392 g/mol. The molecule has 7 nitrogen and oxygen atoms in total. The van der Waals surface area contributed by atoms with Crippen LogP contribution in [0.2, 0.25) is 0 Å². The van der Waals surface area contributed by atoms with E-state index in [-0.39, 0.29) is 0 Å². The van der Waals surface area contributed by atoms with Gasteiger partial charge in [-0.3, -0.25) is 4.79 Å². The fourth-order valence-electron chi connectivity index (χ4n) is 3.09. The number of ether oxygens (including phenoxy) is 1. The van der Waals surface area contributed by atoms with E-state index in [1.54, 1.807) is 43.5 Å². The van der Waals surface area contributed by atoms with Crippen LogP contribution in [0.4, 0.5) is 11.4 Å². The SMILES string of the molecule is COc1cccc(CCC(N=Nc2ccccc2)C(N=O)C(=O)Nc2ccccc2)c1. The first-order valence-electron chi connectivity index (χ1n) is 9.97. The van der Waals surface area contributed by atoms with E-state index in [1.807, 2.05) is 48.5 Å². The van der Waals surface area contributed by atoms with Gasteiger partial charge in [0.15, 0.2) is 6.04 Å². The van der Waals surface area contributed by atoms with Crippen molar-refractivity contribution in [3.63, 3.8) is 0 Å². The van der Waals surface area contributed by atoms with Crippen LogP contribution < -0.4 is 10.1 Å². The number of anilines is 1. The Kier molecular flexibility index (Phi) is 7.99. The summed E-state index contributed by atoms with van der Waals surface area (Å²) in [6.07, 6.45) is 1.00. The van der Waals surface area contributed by atoms with Gasteiger partial charge in [-0.05, 0) is 54.8 Å². The number of aryl methyl sites for hydroxylation is 1. The van der Waals surface area contributed by atoms with E-state index in [4.69, 9.17) is 4.74 Å². The van der Waals surface area contributed by atoms with E-state index in [9.17, 15) is 9.70 Å². The zero-order valence-corrected chi connectivity index (χ0v) is 17.2. The fourth-order valence-corrected chi connectivity index (χ4v) is 3.09. The molecule has 0 spiro atoms. The first-order valence-corrected chi connectivity index (χ1v) is 9.97. The van der Waals surface area contributed by atoms with Crippen LogP contribution in [-0.2, 0) is 11.2 Å². The average Bonchev–Trinajstić information content (AvgIpc) is 2.82. The molecular formula is C24H24N4O3. The molecule has 0 fully saturated rings. The third-order valence-corrected chi connectivity index (χ3v) is 4.73. The second kappa shape index (κ2) is 11.3. The van der Waals surface area contributed by atoms with Crippen LogP contribution in [0.1, 0.15) is 12.0 Å². The number of nitroso groups, excluding NO2 is 1. The van der Waals surface area contributed by atoms with Crippen LogP contribution in [0.15, 0.2) is 100 Å². The van der Waals surface area contributed by atoms with Crippen molar-refractivity contribution in [3.05, 3.63) is 95.4 Å². The van der Waals surface area contributed by atoms with E-state index >= 15 is 0 Å². The van der Waals surface area contributed by atoms with E-state index in [0.717, 1.165) is 11.3 Å². The number of methoxy groups -OCH3 is 1. The molecule has 0 bridgehead atoms. The van der Waals surface area contributed by atoms with Gasteiger partial charge in [0.05, 0.1) is 12.8 Å². The predicted octanol–water partition coefficient (Wildman–Crippen LogP) is 5.55. The lowest BCUT2D eigenvalue weighted by atomic mass is 9.99. The highest BCUT2D eigenvalue weighted by atomic mass is 16.5. The Morgan fingerprint density at radius 3 is 2.35 bits per heavy atom. The Bertz CT molecular complexity index is 1010. The predicted molar refractivity (Wildman–Crippen MR) is 121 cm³/mol. The maximum absolute atomic E-state index is 12.8. The van der Waals surface area contributed by atoms with Gasteiger partial charge in [0.2, 0.25) is 0 Å². The molecule has 0 saturated heterocycles. The lowest BCUT2D eigenvalue weighted by molar-refractivity contribution is -0.117. The van der Waals surface area contributed by atoms with Crippen molar-refractivity contribution in [2.45, 2.75) is 24.9 Å². The number of azo groups is 1. The minimum absolute atomic E-state index is 0.419. The third kappa shape index (κ3) is 6.57. The topological polar surface area (TPSA) is 92.5 Å². The van der Waals surface area contributed by atoms with Crippen LogP contribution in [0.3, 0.4) is 0 Å². The lowest BCUT2D eigenvalue weighted by Gasteiger charge is -2.17. The van der Waals surface area contributed by atoms with Gasteiger partial charge in [0.25, 0.3) is 5.91 Å². The second-order valence-electron chi connectivity index (χ2n) is 6.91. The molecule has 3 aromatic rings. The van der Waals surface area contributed by atoms with E-state index < -0.39 is 18.0 Å². The first kappa shape index (κ1) is 21.8. The van der Waals surface area contributed by atoms with Crippen molar-refractivity contribution in [3.8, 4) is 5.75 Å². The van der Waals surface area contributed by atoms with Crippen molar-refractivity contribution in [2.24, 2.45) is 15.4 Å². The van der Waals surface area contributed by atoms with Crippen LogP contribution in [-0.4, -0.2) is 25.1 Å². The summed E-state index contributed by atoms with van der Waals surface area (Å²) in [7, 11) is 1.61. The summed E-state index contributed by atoms with van der Waals surface area (Å²) in [5, 5.41) is 14.4. The van der Waals surface area contributed by atoms with Crippen LogP contribution in [0, 0.1) is 4.91 Å². The van der Waals surface area contributed by atoms with Crippen molar-refractivity contribution >= 4 is 17.3 Å². The number of carbonyl (C=O) groups is 1. The van der Waals surface area contributed by atoms with Gasteiger partial charge in [-0.15, -0.1) is 4.91 Å². The standard InChI is InChI=1S/C24H24N4O3/c1-31-21-14-8-9-18(17-21)15-16-22(27-26-20-12-6-3-7-13-20)23(28-30)24(29)25-19-10-4-2-5-11-19/h2-14,17,22-23H,15-16H2,1H3,(H,25,29). The highest BCUT2D eigenvalue weighted by Gasteiger charge is 2.30. The Morgan fingerprint density at radius 1 is 0.968 bits per heavy atom. The zero-order chi connectivity index (χ0) is 21.9. The summed E-state index contributed by atoms with van der Waals surface area (Å²) in [4.78, 5) is 24.5. The molecule has 0 aliphatic heterocycles. The molecule has 3 aromatic carbocycles. The smallest absolute Gasteiger partial charge is 0.255 e. The summed E-state index contributed by atoms with van der Waals surface area (Å²) < 4.78 is 5.27.